The average Bonchev–Trinajstić information content (AvgIpc) is 3.37. The Balaban J connectivity index is 1.43. The summed E-state index contributed by atoms with van der Waals surface area (Å²) in [6.45, 7) is 3.61. The van der Waals surface area contributed by atoms with E-state index in [1.165, 1.54) is 12.8 Å². The molecule has 2 fully saturated rings. The molecular weight excluding hydrogens is 392 g/mol. The lowest BCUT2D eigenvalue weighted by molar-refractivity contribution is -0.117. The van der Waals surface area contributed by atoms with E-state index in [1.54, 1.807) is 4.90 Å². The second-order valence-corrected chi connectivity index (χ2v) is 9.09. The summed E-state index contributed by atoms with van der Waals surface area (Å²) in [4.78, 5) is 23.2. The summed E-state index contributed by atoms with van der Waals surface area (Å²) in [5.74, 6) is 2.11. The minimum Gasteiger partial charge on any atom is -0.471 e. The predicted molar refractivity (Wildman–Crippen MR) is 119 cm³/mol. The van der Waals surface area contributed by atoms with Crippen molar-refractivity contribution >= 4 is 17.5 Å². The lowest BCUT2D eigenvalue weighted by Crippen LogP contribution is -2.26. The molecule has 2 aromatic rings. The van der Waals surface area contributed by atoms with Gasteiger partial charge in [0.1, 0.15) is 6.10 Å². The number of nitrogens with zero attached hydrogens (tertiary/aromatic N) is 3. The molecule has 1 atom stereocenters. The van der Waals surface area contributed by atoms with Crippen molar-refractivity contribution < 1.29 is 14.3 Å². The molecule has 1 aromatic heterocycles. The third-order valence-corrected chi connectivity index (χ3v) is 6.74. The summed E-state index contributed by atoms with van der Waals surface area (Å²) in [5, 5.41) is 3.51. The second-order valence-electron chi connectivity index (χ2n) is 9.09. The number of likely N-dealkylation sites (N-methyl/N-ethyl adjacent to an activating group) is 1. The Kier molecular flexibility index (Phi) is 5.52. The van der Waals surface area contributed by atoms with Crippen LogP contribution in [0.4, 0.5) is 11.6 Å². The van der Waals surface area contributed by atoms with Crippen LogP contribution in [0.25, 0.3) is 11.1 Å². The molecular formula is C24H30N4O3. The molecule has 31 heavy (non-hydrogen) atoms. The summed E-state index contributed by atoms with van der Waals surface area (Å²) in [6.07, 6.45) is 7.88. The van der Waals surface area contributed by atoms with Gasteiger partial charge in [-0.3, -0.25) is 4.79 Å². The van der Waals surface area contributed by atoms with Gasteiger partial charge in [0.15, 0.2) is 0 Å². The Morgan fingerprint density at radius 3 is 2.81 bits per heavy atom. The Labute approximate surface area is 183 Å². The van der Waals surface area contributed by atoms with E-state index in [2.05, 4.69) is 23.3 Å². The molecule has 1 amide bonds. The van der Waals surface area contributed by atoms with Crippen molar-refractivity contribution in [3.05, 3.63) is 30.0 Å². The molecule has 1 N–H and O–H groups in total. The quantitative estimate of drug-likeness (QED) is 0.789. The van der Waals surface area contributed by atoms with E-state index in [9.17, 15) is 4.79 Å². The van der Waals surface area contributed by atoms with Crippen molar-refractivity contribution in [3.63, 3.8) is 0 Å². The van der Waals surface area contributed by atoms with Crippen LogP contribution >= 0.6 is 0 Å². The summed E-state index contributed by atoms with van der Waals surface area (Å²) < 4.78 is 11.8. The van der Waals surface area contributed by atoms with Gasteiger partial charge < -0.3 is 19.7 Å². The molecule has 1 saturated carbocycles. The molecule has 7 heteroatoms. The highest BCUT2D eigenvalue weighted by Crippen LogP contribution is 2.36. The molecule has 1 aliphatic carbocycles. The summed E-state index contributed by atoms with van der Waals surface area (Å²) >= 11 is 0. The number of anilines is 2. The number of ether oxygens (including phenoxy) is 2. The SMILES string of the molecule is CC1CCC(Nc2ncc(-c3ccc4c(c3)CC(=O)N4C)c(O[C@@H]3CCOC3)n2)CC1. The van der Waals surface area contributed by atoms with E-state index in [1.807, 2.05) is 25.4 Å². The van der Waals surface area contributed by atoms with Crippen LogP contribution in [0.2, 0.25) is 0 Å². The number of fused-ring (bicyclic) bond motifs is 1. The third kappa shape index (κ3) is 4.24. The van der Waals surface area contributed by atoms with Crippen molar-refractivity contribution in [1.82, 2.24) is 9.97 Å². The van der Waals surface area contributed by atoms with E-state index in [-0.39, 0.29) is 12.0 Å². The number of benzene rings is 1. The summed E-state index contributed by atoms with van der Waals surface area (Å²) in [6, 6.07) is 6.47. The fourth-order valence-corrected chi connectivity index (χ4v) is 4.71. The monoisotopic (exact) mass is 422 g/mol. The number of amides is 1. The molecule has 3 aliphatic rings. The highest BCUT2D eigenvalue weighted by molar-refractivity contribution is 6.01. The summed E-state index contributed by atoms with van der Waals surface area (Å²) in [7, 11) is 1.82. The van der Waals surface area contributed by atoms with Crippen molar-refractivity contribution in [3.8, 4) is 17.0 Å². The summed E-state index contributed by atoms with van der Waals surface area (Å²) in [5.41, 5.74) is 3.80. The lowest BCUT2D eigenvalue weighted by Gasteiger charge is -2.27. The third-order valence-electron chi connectivity index (χ3n) is 6.74. The average molecular weight is 423 g/mol. The number of rotatable bonds is 5. The standard InChI is InChI=1S/C24H30N4O3/c1-15-3-6-18(7-4-15)26-24-25-13-20(23(27-24)31-19-9-10-30-14-19)16-5-8-21-17(11-16)12-22(29)28(21)2/h5,8,11,13,15,18-19H,3-4,6-7,9-10,12,14H2,1-2H3,(H,25,26,27)/t15?,18?,19-/m1/s1. The first kappa shape index (κ1) is 20.2. The molecule has 1 aromatic carbocycles. The van der Waals surface area contributed by atoms with Crippen LogP contribution in [0, 0.1) is 5.92 Å². The van der Waals surface area contributed by atoms with Crippen LogP contribution in [0.3, 0.4) is 0 Å². The maximum Gasteiger partial charge on any atom is 0.231 e. The molecule has 164 valence electrons. The Hall–Kier alpha value is -2.67. The molecule has 7 nitrogen and oxygen atoms in total. The van der Waals surface area contributed by atoms with Gasteiger partial charge in [0, 0.05) is 31.4 Å². The zero-order valence-electron chi connectivity index (χ0n) is 18.3. The smallest absolute Gasteiger partial charge is 0.231 e. The van der Waals surface area contributed by atoms with E-state index < -0.39 is 0 Å². The molecule has 1 saturated heterocycles. The van der Waals surface area contributed by atoms with Crippen LogP contribution < -0.4 is 15.0 Å². The maximum absolute atomic E-state index is 12.1. The highest BCUT2D eigenvalue weighted by atomic mass is 16.5. The number of aromatic nitrogens is 2. The molecule has 3 heterocycles. The van der Waals surface area contributed by atoms with Crippen molar-refractivity contribution in [2.75, 3.05) is 30.5 Å². The van der Waals surface area contributed by atoms with Crippen LogP contribution in [0.15, 0.2) is 24.4 Å². The zero-order valence-corrected chi connectivity index (χ0v) is 18.3. The highest BCUT2D eigenvalue weighted by Gasteiger charge is 2.26. The number of hydrogen-bond acceptors (Lipinski definition) is 6. The first-order chi connectivity index (χ1) is 15.1. The van der Waals surface area contributed by atoms with Crippen molar-refractivity contribution in [2.24, 2.45) is 5.92 Å². The van der Waals surface area contributed by atoms with E-state index in [0.29, 0.717) is 37.5 Å². The Morgan fingerprint density at radius 2 is 2.03 bits per heavy atom. The molecule has 0 unspecified atom stereocenters. The predicted octanol–water partition coefficient (Wildman–Crippen LogP) is 3.82. The van der Waals surface area contributed by atoms with Crippen molar-refractivity contribution in [1.29, 1.82) is 0 Å². The van der Waals surface area contributed by atoms with E-state index >= 15 is 0 Å². The van der Waals surface area contributed by atoms with Gasteiger partial charge in [0.2, 0.25) is 17.7 Å². The Morgan fingerprint density at radius 1 is 1.19 bits per heavy atom. The van der Waals surface area contributed by atoms with Gasteiger partial charge in [-0.05, 0) is 54.9 Å². The number of carbonyl (C=O) groups is 1. The van der Waals surface area contributed by atoms with Gasteiger partial charge in [-0.2, -0.15) is 4.98 Å². The van der Waals surface area contributed by atoms with Gasteiger partial charge in [0.05, 0.1) is 25.2 Å². The minimum absolute atomic E-state index is 0.000770. The normalized spacial score (nSPS) is 25.5. The van der Waals surface area contributed by atoms with E-state index in [0.717, 1.165) is 47.6 Å². The van der Waals surface area contributed by atoms with Crippen LogP contribution in [-0.2, 0) is 16.0 Å². The molecule has 5 rings (SSSR count). The van der Waals surface area contributed by atoms with Crippen LogP contribution in [0.1, 0.15) is 44.6 Å². The molecule has 0 spiro atoms. The van der Waals surface area contributed by atoms with Gasteiger partial charge >= 0.3 is 0 Å². The van der Waals surface area contributed by atoms with Gasteiger partial charge in [-0.15, -0.1) is 0 Å². The van der Waals surface area contributed by atoms with E-state index in [4.69, 9.17) is 14.5 Å². The first-order valence-corrected chi connectivity index (χ1v) is 11.3. The van der Waals surface area contributed by atoms with Crippen LogP contribution in [0.5, 0.6) is 5.88 Å². The van der Waals surface area contributed by atoms with Gasteiger partial charge in [-0.1, -0.05) is 13.0 Å². The topological polar surface area (TPSA) is 76.6 Å². The van der Waals surface area contributed by atoms with Crippen molar-refractivity contribution in [2.45, 2.75) is 57.6 Å². The van der Waals surface area contributed by atoms with Gasteiger partial charge in [-0.25, -0.2) is 4.98 Å². The molecule has 0 radical (unpaired) electrons. The zero-order chi connectivity index (χ0) is 21.4. The maximum atomic E-state index is 12.1. The minimum atomic E-state index is -0.000770. The lowest BCUT2D eigenvalue weighted by atomic mass is 9.87. The largest absolute Gasteiger partial charge is 0.471 e. The Bertz CT molecular complexity index is 965. The molecule has 2 aliphatic heterocycles. The molecule has 0 bridgehead atoms. The fraction of sp³-hybridized carbons (Fsp3) is 0.542. The number of hydrogen-bond donors (Lipinski definition) is 1. The van der Waals surface area contributed by atoms with Gasteiger partial charge in [0.25, 0.3) is 0 Å². The van der Waals surface area contributed by atoms with Crippen LogP contribution in [-0.4, -0.2) is 48.3 Å². The number of nitrogens with one attached hydrogen (secondary N) is 1. The second kappa shape index (κ2) is 8.46. The number of carbonyl (C=O) groups excluding carboxylic acids is 1. The fourth-order valence-electron chi connectivity index (χ4n) is 4.71. The first-order valence-electron chi connectivity index (χ1n) is 11.3.